The molecule has 0 saturated heterocycles. The number of hydrogen-bond donors (Lipinski definition) is 0. The van der Waals surface area contributed by atoms with Gasteiger partial charge in [-0.05, 0) is 90.5 Å². The van der Waals surface area contributed by atoms with Crippen molar-refractivity contribution in [3.05, 3.63) is 12.0 Å². The molecule has 0 aliphatic heterocycles. The fourth-order valence-electron chi connectivity index (χ4n) is 3.40. The number of rotatable bonds is 19. The molecule has 0 heterocycles. The lowest BCUT2D eigenvalue weighted by Gasteiger charge is -2.37. The lowest BCUT2D eigenvalue weighted by Crippen LogP contribution is -2.55. The quantitative estimate of drug-likeness (QED) is 0.0334. The molecule has 256 valence electrons. The van der Waals surface area contributed by atoms with Crippen molar-refractivity contribution in [3.63, 3.8) is 0 Å². The van der Waals surface area contributed by atoms with E-state index in [1.807, 2.05) is 39.3 Å². The van der Waals surface area contributed by atoms with Crippen LogP contribution in [0.15, 0.2) is 12.0 Å². The third-order valence-corrected chi connectivity index (χ3v) is 20.9. The maximum Gasteiger partial charge on any atom is 0.542 e. The van der Waals surface area contributed by atoms with E-state index in [1.54, 1.807) is 6.55 Å². The summed E-state index contributed by atoms with van der Waals surface area (Å²) < 4.78 is 128. The van der Waals surface area contributed by atoms with Crippen LogP contribution in [0, 0.1) is 0 Å². The van der Waals surface area contributed by atoms with E-state index in [4.69, 9.17) is 25.9 Å². The molecule has 0 N–H and O–H groups in total. The lowest BCUT2D eigenvalue weighted by atomic mass is 10.1. The third-order valence-electron chi connectivity index (χ3n) is 5.13. The molecule has 0 aliphatic carbocycles. The molecule has 0 aliphatic rings. The average molecular weight is 739 g/mol. The first kappa shape index (κ1) is 42.5. The van der Waals surface area contributed by atoms with Crippen molar-refractivity contribution in [3.8, 4) is 0 Å². The molecule has 0 unspecified atom stereocenters. The maximum absolute atomic E-state index is 13.9. The molecule has 0 amide bonds. The fraction of sp³-hybridized carbons (Fsp3) is 0.870. The number of carbonyl (C=O) groups is 1. The molecule has 7 nitrogen and oxygen atoms in total. The Morgan fingerprint density at radius 1 is 0.767 bits per heavy atom. The van der Waals surface area contributed by atoms with Crippen molar-refractivity contribution in [2.45, 2.75) is 122 Å². The van der Waals surface area contributed by atoms with E-state index < -0.39 is 94.1 Å². The first-order chi connectivity index (χ1) is 18.8. The normalized spacial score (nSPS) is 15.3. The Hall–Kier alpha value is -0.499. The smallest absolute Gasteiger partial charge is 0.542 e. The van der Waals surface area contributed by atoms with Gasteiger partial charge in [0, 0.05) is 13.0 Å². The van der Waals surface area contributed by atoms with Gasteiger partial charge in [0.05, 0.1) is 6.61 Å². The minimum Gasteiger partial charge on any atom is -0.546 e. The number of halogens is 7. The monoisotopic (exact) mass is 738 g/mol. The van der Waals surface area contributed by atoms with Gasteiger partial charge < -0.3 is 25.9 Å². The van der Waals surface area contributed by atoms with Crippen LogP contribution in [0.2, 0.25) is 90.7 Å². The van der Waals surface area contributed by atoms with Crippen LogP contribution in [0.3, 0.4) is 0 Å². The van der Waals surface area contributed by atoms with E-state index >= 15 is 0 Å². The highest BCUT2D eigenvalue weighted by molar-refractivity contribution is 6.85. The number of ether oxygens (including phenoxy) is 1. The molecule has 0 rings (SSSR count). The Bertz CT molecular complexity index is 915. The molecule has 0 bridgehead atoms. The van der Waals surface area contributed by atoms with Crippen molar-refractivity contribution >= 4 is 57.8 Å². The van der Waals surface area contributed by atoms with Crippen LogP contribution in [0.25, 0.3) is 0 Å². The first-order valence-corrected chi connectivity index (χ1v) is 31.1. The number of carbonyl (C=O) groups excluding carboxylic acids is 1. The van der Waals surface area contributed by atoms with Gasteiger partial charge in [0.2, 0.25) is 14.1 Å². The highest BCUT2D eigenvalue weighted by Crippen LogP contribution is 2.49. The van der Waals surface area contributed by atoms with Gasteiger partial charge in [-0.1, -0.05) is 0 Å². The molecule has 0 aromatic heterocycles. The summed E-state index contributed by atoms with van der Waals surface area (Å²) in [6, 6.07) is -0.0215. The predicted octanol–water partition coefficient (Wildman–Crippen LogP) is 7.85. The molecule has 20 heteroatoms. The standard InChI is InChI=1S/C23H49F7O7Si6/c1-39(2,3)35-38-16-13-15-32-20(31)19(34-43(12,36-40(4,5)6)37-41(7,8)9)18-33-42(10,11)17-14-21(24,25)22(26,27)23(28,29)30/h18H,13-17,38H2,1-12H3. The Labute approximate surface area is 259 Å². The Kier molecular flexibility index (Phi) is 15.2. The second-order valence-electron chi connectivity index (χ2n) is 13.8. The molecule has 0 atom stereocenters. The summed E-state index contributed by atoms with van der Waals surface area (Å²) in [5.41, 5.74) is 0. The molecule has 0 spiro atoms. The van der Waals surface area contributed by atoms with Crippen molar-refractivity contribution in [1.29, 1.82) is 0 Å². The molecular formula is C23H49F7O7Si6. The molecule has 0 fully saturated rings. The Balaban J connectivity index is 5.99. The van der Waals surface area contributed by atoms with E-state index in [-0.39, 0.29) is 6.61 Å². The zero-order valence-electron chi connectivity index (χ0n) is 27.3. The van der Waals surface area contributed by atoms with Gasteiger partial charge in [0.1, 0.15) is 16.0 Å². The summed E-state index contributed by atoms with van der Waals surface area (Å²) in [5.74, 6) is -13.0. The highest BCUT2D eigenvalue weighted by Gasteiger charge is 2.72. The van der Waals surface area contributed by atoms with Gasteiger partial charge in [-0.3, -0.25) is 0 Å². The van der Waals surface area contributed by atoms with E-state index in [9.17, 15) is 35.5 Å². The molecular weight excluding hydrogens is 690 g/mol. The van der Waals surface area contributed by atoms with Crippen molar-refractivity contribution in [2.75, 3.05) is 6.61 Å². The zero-order chi connectivity index (χ0) is 34.3. The lowest BCUT2D eigenvalue weighted by molar-refractivity contribution is -0.354. The van der Waals surface area contributed by atoms with Crippen LogP contribution in [0.4, 0.5) is 30.7 Å². The van der Waals surface area contributed by atoms with Gasteiger partial charge in [-0.2, -0.15) is 30.7 Å². The zero-order valence-corrected chi connectivity index (χ0v) is 33.7. The van der Waals surface area contributed by atoms with Gasteiger partial charge in [0.15, 0.2) is 25.0 Å². The maximum atomic E-state index is 13.9. The average Bonchev–Trinajstić information content (AvgIpc) is 2.73. The predicted molar refractivity (Wildman–Crippen MR) is 167 cm³/mol. The van der Waals surface area contributed by atoms with Crippen LogP contribution in [-0.4, -0.2) is 82.4 Å². The topological polar surface area (TPSA) is 72.5 Å². The van der Waals surface area contributed by atoms with Crippen LogP contribution in [0.5, 0.6) is 0 Å². The van der Waals surface area contributed by atoms with E-state index in [0.717, 1.165) is 12.3 Å². The number of alkyl halides is 7. The van der Waals surface area contributed by atoms with E-state index in [0.29, 0.717) is 6.42 Å². The van der Waals surface area contributed by atoms with Crippen LogP contribution in [0.1, 0.15) is 12.8 Å². The van der Waals surface area contributed by atoms with E-state index in [1.165, 1.54) is 13.1 Å². The van der Waals surface area contributed by atoms with Gasteiger partial charge in [-0.25, -0.2) is 4.79 Å². The van der Waals surface area contributed by atoms with Gasteiger partial charge in [-0.15, -0.1) is 0 Å². The largest absolute Gasteiger partial charge is 0.546 e. The van der Waals surface area contributed by atoms with Crippen molar-refractivity contribution in [2.24, 2.45) is 0 Å². The SMILES string of the molecule is C[Si](C)(C)O[SiH2]CCCOC(=O)C(=CO[Si](C)(C)CCC(F)(F)C(F)(F)C(F)(F)F)O[Si](C)(O[Si](C)(C)C)O[Si](C)(C)C. The second-order valence-corrected chi connectivity index (χ2v) is 36.6. The van der Waals surface area contributed by atoms with Crippen LogP contribution in [-0.2, 0) is 30.7 Å². The summed E-state index contributed by atoms with van der Waals surface area (Å²) in [5, 5.41) is 0. The van der Waals surface area contributed by atoms with Crippen molar-refractivity contribution < 1.29 is 61.5 Å². The molecule has 0 aromatic rings. The summed E-state index contributed by atoms with van der Waals surface area (Å²) in [4.78, 5) is 13.1. The summed E-state index contributed by atoms with van der Waals surface area (Å²) in [7, 11) is -14.0. The first-order valence-electron chi connectivity index (χ1n) is 13.9. The van der Waals surface area contributed by atoms with Gasteiger partial charge in [0.25, 0.3) is 0 Å². The number of hydrogen-bond acceptors (Lipinski definition) is 7. The minimum atomic E-state index is -6.42. The molecule has 0 saturated carbocycles. The summed E-state index contributed by atoms with van der Waals surface area (Å²) >= 11 is 0. The third kappa shape index (κ3) is 17.1. The fourth-order valence-corrected chi connectivity index (χ4v) is 18.6. The second kappa shape index (κ2) is 15.4. The molecule has 0 radical (unpaired) electrons. The van der Waals surface area contributed by atoms with Gasteiger partial charge >= 0.3 is 32.8 Å². The van der Waals surface area contributed by atoms with Crippen LogP contribution < -0.4 is 0 Å². The molecule has 0 aromatic carbocycles. The summed E-state index contributed by atoms with van der Waals surface area (Å²) in [6.45, 7) is 21.9. The minimum absolute atomic E-state index is 0.0309. The van der Waals surface area contributed by atoms with Crippen LogP contribution >= 0.6 is 0 Å². The Morgan fingerprint density at radius 3 is 1.67 bits per heavy atom. The summed E-state index contributed by atoms with van der Waals surface area (Å²) in [6.07, 6.45) is -6.81. The Morgan fingerprint density at radius 2 is 1.26 bits per heavy atom. The number of esters is 1. The van der Waals surface area contributed by atoms with E-state index in [2.05, 4.69) is 19.6 Å². The van der Waals surface area contributed by atoms with Crippen molar-refractivity contribution in [1.82, 2.24) is 0 Å². The molecule has 43 heavy (non-hydrogen) atoms. The highest BCUT2D eigenvalue weighted by atomic mass is 28.5.